The molecule has 26 heavy (non-hydrogen) atoms. The van der Waals surface area contributed by atoms with Crippen LogP contribution in [0.1, 0.15) is 32.5 Å². The van der Waals surface area contributed by atoms with Crippen LogP contribution in [0.15, 0.2) is 48.5 Å². The second-order valence-electron chi connectivity index (χ2n) is 6.21. The van der Waals surface area contributed by atoms with Crippen LogP contribution in [0.5, 0.6) is 5.75 Å². The Morgan fingerprint density at radius 2 is 2.00 bits per heavy atom. The van der Waals surface area contributed by atoms with E-state index in [1.54, 1.807) is 29.2 Å². The number of nitrogens with zero attached hydrogens (tertiary/aromatic N) is 2. The molecule has 0 bridgehead atoms. The van der Waals surface area contributed by atoms with E-state index in [2.05, 4.69) is 4.98 Å². The van der Waals surface area contributed by atoms with Crippen LogP contribution in [0, 0.1) is 0 Å². The second kappa shape index (κ2) is 6.42. The lowest BCUT2D eigenvalue weighted by Gasteiger charge is -2.18. The molecule has 1 N–H and O–H groups in total. The van der Waals surface area contributed by atoms with Crippen molar-refractivity contribution in [3.63, 3.8) is 0 Å². The van der Waals surface area contributed by atoms with Crippen LogP contribution in [0.3, 0.4) is 0 Å². The smallest absolute Gasteiger partial charge is 0.276 e. The average molecular weight is 367 g/mol. The minimum absolute atomic E-state index is 0.0460. The molecule has 6 heteroatoms. The lowest BCUT2D eigenvalue weighted by Crippen LogP contribution is -2.31. The lowest BCUT2D eigenvalue weighted by molar-refractivity contribution is 0.0983. The number of anilines is 1. The van der Waals surface area contributed by atoms with Crippen molar-refractivity contribution in [2.75, 3.05) is 17.3 Å². The minimum atomic E-state index is -0.322. The van der Waals surface area contributed by atoms with Gasteiger partial charge in [0.2, 0.25) is 0 Å². The maximum absolute atomic E-state index is 13.0. The van der Waals surface area contributed by atoms with E-state index in [4.69, 9.17) is 11.6 Å². The Hall–Kier alpha value is -2.92. The largest absolute Gasteiger partial charge is 0.507 e. The number of alkyl halides is 1. The third kappa shape index (κ3) is 2.52. The number of phenolic OH excluding ortho intramolecular Hbond substituents is 1. The predicted octanol–water partition coefficient (Wildman–Crippen LogP) is 3.74. The molecule has 130 valence electrons. The summed E-state index contributed by atoms with van der Waals surface area (Å²) in [5, 5.41) is 12.0. The highest BCUT2D eigenvalue weighted by molar-refractivity contribution is 6.19. The third-order valence-electron chi connectivity index (χ3n) is 4.69. The van der Waals surface area contributed by atoms with E-state index >= 15 is 0 Å². The standard InChI is InChI=1S/C20H15ClN2O3/c21-9-12-10-23(20(26)16-7-3-4-13(11-24)22-16)17-8-18(25)14-5-1-2-6-15(14)19(12)17/h1-8,11-12,25H,9-10H2/t12-/m1/s1. The van der Waals surface area contributed by atoms with E-state index in [0.717, 1.165) is 16.3 Å². The zero-order valence-corrected chi connectivity index (χ0v) is 14.5. The number of benzene rings is 2. The Balaban J connectivity index is 1.86. The first-order chi connectivity index (χ1) is 12.6. The van der Waals surface area contributed by atoms with Crippen molar-refractivity contribution in [1.82, 2.24) is 4.98 Å². The summed E-state index contributed by atoms with van der Waals surface area (Å²) in [5.41, 5.74) is 1.97. The first-order valence-corrected chi connectivity index (χ1v) is 8.72. The minimum Gasteiger partial charge on any atom is -0.507 e. The number of fused-ring (bicyclic) bond motifs is 3. The maximum Gasteiger partial charge on any atom is 0.276 e. The van der Waals surface area contributed by atoms with Crippen LogP contribution < -0.4 is 4.90 Å². The van der Waals surface area contributed by atoms with Crippen LogP contribution in [0.25, 0.3) is 10.8 Å². The maximum atomic E-state index is 13.0. The van der Waals surface area contributed by atoms with Crippen LogP contribution in [0.4, 0.5) is 5.69 Å². The van der Waals surface area contributed by atoms with Crippen molar-refractivity contribution < 1.29 is 14.7 Å². The number of aromatic hydroxyl groups is 1. The van der Waals surface area contributed by atoms with Gasteiger partial charge in [-0.3, -0.25) is 9.59 Å². The number of phenols is 1. The molecule has 0 unspecified atom stereocenters. The molecular formula is C20H15ClN2O3. The van der Waals surface area contributed by atoms with Crippen LogP contribution in [-0.4, -0.2) is 34.7 Å². The van der Waals surface area contributed by atoms with Crippen molar-refractivity contribution in [2.45, 2.75) is 5.92 Å². The summed E-state index contributed by atoms with van der Waals surface area (Å²) in [4.78, 5) is 29.6. The molecule has 1 atom stereocenters. The van der Waals surface area contributed by atoms with Gasteiger partial charge < -0.3 is 10.0 Å². The second-order valence-corrected chi connectivity index (χ2v) is 6.52. The van der Waals surface area contributed by atoms with E-state index in [-0.39, 0.29) is 29.0 Å². The van der Waals surface area contributed by atoms with E-state index in [0.29, 0.717) is 24.4 Å². The zero-order chi connectivity index (χ0) is 18.3. The Labute approximate surface area is 154 Å². The summed E-state index contributed by atoms with van der Waals surface area (Å²) in [6.07, 6.45) is 0.607. The Bertz CT molecular complexity index is 1030. The number of carbonyl (C=O) groups is 2. The molecule has 0 saturated heterocycles. The van der Waals surface area contributed by atoms with Crippen molar-refractivity contribution in [3.05, 3.63) is 65.5 Å². The molecule has 1 amide bonds. The monoisotopic (exact) mass is 366 g/mol. The van der Waals surface area contributed by atoms with Gasteiger partial charge in [-0.05, 0) is 23.1 Å². The van der Waals surface area contributed by atoms with Gasteiger partial charge in [0.05, 0.1) is 5.69 Å². The number of amides is 1. The van der Waals surface area contributed by atoms with E-state index < -0.39 is 0 Å². The summed E-state index contributed by atoms with van der Waals surface area (Å²) in [6.45, 7) is 0.401. The normalized spacial score (nSPS) is 15.9. The third-order valence-corrected chi connectivity index (χ3v) is 5.06. The molecule has 2 heterocycles. The van der Waals surface area contributed by atoms with Gasteiger partial charge in [0.1, 0.15) is 17.1 Å². The Kier molecular flexibility index (Phi) is 4.09. The van der Waals surface area contributed by atoms with Gasteiger partial charge in [-0.15, -0.1) is 11.6 Å². The van der Waals surface area contributed by atoms with E-state index in [1.807, 2.05) is 24.3 Å². The number of hydrogen-bond donors (Lipinski definition) is 1. The molecule has 1 aliphatic heterocycles. The quantitative estimate of drug-likeness (QED) is 0.566. The molecule has 3 aromatic rings. The van der Waals surface area contributed by atoms with Crippen molar-refractivity contribution in [2.24, 2.45) is 0 Å². The van der Waals surface area contributed by atoms with E-state index in [9.17, 15) is 14.7 Å². The molecule has 4 rings (SSSR count). The first kappa shape index (κ1) is 16.5. The summed E-state index contributed by atoms with van der Waals surface area (Å²) >= 11 is 6.18. The number of halogens is 1. The number of aromatic nitrogens is 1. The van der Waals surface area contributed by atoms with Crippen molar-refractivity contribution >= 4 is 40.3 Å². The average Bonchev–Trinajstić information content (AvgIpc) is 3.06. The van der Waals surface area contributed by atoms with Crippen LogP contribution in [0.2, 0.25) is 0 Å². The molecule has 0 spiro atoms. The molecule has 0 saturated carbocycles. The topological polar surface area (TPSA) is 70.5 Å². The van der Waals surface area contributed by atoms with Gasteiger partial charge >= 0.3 is 0 Å². The SMILES string of the molecule is O=Cc1cccc(C(=O)N2C[C@@H](CCl)c3c2cc(O)c2ccccc32)n1. The molecule has 0 aliphatic carbocycles. The highest BCUT2D eigenvalue weighted by atomic mass is 35.5. The van der Waals surface area contributed by atoms with Gasteiger partial charge in [0, 0.05) is 29.8 Å². The number of pyridine rings is 1. The number of hydrogen-bond acceptors (Lipinski definition) is 4. The summed E-state index contributed by atoms with van der Waals surface area (Å²) in [5.74, 6) is 0.0995. The number of rotatable bonds is 3. The van der Waals surface area contributed by atoms with Gasteiger partial charge in [0.25, 0.3) is 5.91 Å². The fourth-order valence-electron chi connectivity index (χ4n) is 3.52. The molecule has 0 radical (unpaired) electrons. The van der Waals surface area contributed by atoms with E-state index in [1.165, 1.54) is 0 Å². The zero-order valence-electron chi connectivity index (χ0n) is 13.7. The predicted molar refractivity (Wildman–Crippen MR) is 100 cm³/mol. The fourth-order valence-corrected chi connectivity index (χ4v) is 3.77. The summed E-state index contributed by atoms with van der Waals surface area (Å²) in [7, 11) is 0. The van der Waals surface area contributed by atoms with Crippen molar-refractivity contribution in [1.29, 1.82) is 0 Å². The first-order valence-electron chi connectivity index (χ1n) is 8.18. The van der Waals surface area contributed by atoms with Crippen LogP contribution >= 0.6 is 11.6 Å². The fraction of sp³-hybridized carbons (Fsp3) is 0.150. The number of carbonyl (C=O) groups excluding carboxylic acids is 2. The van der Waals surface area contributed by atoms with Gasteiger partial charge in [-0.2, -0.15) is 0 Å². The molecule has 5 nitrogen and oxygen atoms in total. The molecule has 1 aliphatic rings. The molecular weight excluding hydrogens is 352 g/mol. The Morgan fingerprint density at radius 1 is 1.23 bits per heavy atom. The molecule has 0 fully saturated rings. The number of aldehydes is 1. The summed E-state index contributed by atoms with van der Waals surface area (Å²) < 4.78 is 0. The van der Waals surface area contributed by atoms with Gasteiger partial charge in [-0.1, -0.05) is 30.3 Å². The van der Waals surface area contributed by atoms with Crippen LogP contribution in [-0.2, 0) is 0 Å². The molecule has 2 aromatic carbocycles. The highest BCUT2D eigenvalue weighted by Gasteiger charge is 2.35. The highest BCUT2D eigenvalue weighted by Crippen LogP contribution is 2.45. The van der Waals surface area contributed by atoms with Crippen molar-refractivity contribution in [3.8, 4) is 5.75 Å². The molecule has 1 aromatic heterocycles. The Morgan fingerprint density at radius 3 is 2.73 bits per heavy atom. The van der Waals surface area contributed by atoms with Gasteiger partial charge in [-0.25, -0.2) is 4.98 Å². The summed E-state index contributed by atoms with van der Waals surface area (Å²) in [6, 6.07) is 13.9. The van der Waals surface area contributed by atoms with Gasteiger partial charge in [0.15, 0.2) is 6.29 Å². The lowest BCUT2D eigenvalue weighted by atomic mass is 9.95.